The van der Waals surface area contributed by atoms with Crippen molar-refractivity contribution < 1.29 is 9.53 Å². The number of esters is 1. The van der Waals surface area contributed by atoms with E-state index in [1.54, 1.807) is 0 Å². The van der Waals surface area contributed by atoms with Crippen LogP contribution in [0.3, 0.4) is 0 Å². The van der Waals surface area contributed by atoms with Gasteiger partial charge in [-0.05, 0) is 12.3 Å². The van der Waals surface area contributed by atoms with Gasteiger partial charge in [-0.3, -0.25) is 4.79 Å². The molecule has 0 aliphatic heterocycles. The maximum absolute atomic E-state index is 10.8. The predicted octanol–water partition coefficient (Wildman–Crippen LogP) is 1.34. The van der Waals surface area contributed by atoms with Crippen LogP contribution in [-0.4, -0.2) is 19.1 Å². The Balaban J connectivity index is 0. The molecule has 0 aromatic carbocycles. The molecule has 74 valence electrons. The van der Waals surface area contributed by atoms with Gasteiger partial charge in [-0.1, -0.05) is 20.3 Å². The first-order chi connectivity index (χ1) is 5.11. The molecule has 0 spiro atoms. The van der Waals surface area contributed by atoms with Crippen LogP contribution in [0.5, 0.6) is 0 Å². The first kappa shape index (κ1) is 14.3. The molecule has 3 nitrogen and oxygen atoms in total. The number of nitrogens with two attached hydrogens (primary N) is 1. The van der Waals surface area contributed by atoms with Crippen molar-refractivity contribution in [1.29, 1.82) is 0 Å². The molecule has 1 unspecified atom stereocenters. The van der Waals surface area contributed by atoms with Gasteiger partial charge >= 0.3 is 5.97 Å². The summed E-state index contributed by atoms with van der Waals surface area (Å²) in [6.07, 6.45) is 1.76. The summed E-state index contributed by atoms with van der Waals surface area (Å²) in [7, 11) is 1.36. The molecule has 0 aliphatic carbocycles. The average Bonchev–Trinajstić information content (AvgIpc) is 2.02. The summed E-state index contributed by atoms with van der Waals surface area (Å²) >= 11 is 0. The van der Waals surface area contributed by atoms with Crippen molar-refractivity contribution in [2.45, 2.75) is 32.7 Å². The third kappa shape index (κ3) is 5.38. The molecule has 0 saturated heterocycles. The van der Waals surface area contributed by atoms with Gasteiger partial charge in [0.1, 0.15) is 6.04 Å². The highest BCUT2D eigenvalue weighted by atomic mass is 35.5. The molecule has 0 radical (unpaired) electrons. The topological polar surface area (TPSA) is 52.3 Å². The van der Waals surface area contributed by atoms with Crippen LogP contribution in [0, 0.1) is 5.92 Å². The largest absolute Gasteiger partial charge is 0.468 e. The van der Waals surface area contributed by atoms with Crippen molar-refractivity contribution in [3.63, 3.8) is 0 Å². The van der Waals surface area contributed by atoms with Crippen molar-refractivity contribution in [2.75, 3.05) is 7.11 Å². The summed E-state index contributed by atoms with van der Waals surface area (Å²) in [6.45, 7) is 4.15. The number of ether oxygens (including phenoxy) is 1. The Labute approximate surface area is 80.1 Å². The molecule has 0 saturated carbocycles. The van der Waals surface area contributed by atoms with E-state index < -0.39 is 6.04 Å². The van der Waals surface area contributed by atoms with Crippen LogP contribution in [0.2, 0.25) is 0 Å². The van der Waals surface area contributed by atoms with E-state index in [0.29, 0.717) is 12.3 Å². The Morgan fingerprint density at radius 1 is 1.58 bits per heavy atom. The SMILES string of the molecule is CCC(C)C[C@H](N)C(=O)OC.Cl. The van der Waals surface area contributed by atoms with E-state index >= 15 is 0 Å². The number of rotatable bonds is 4. The first-order valence-corrected chi connectivity index (χ1v) is 3.95. The number of halogens is 1. The maximum Gasteiger partial charge on any atom is 0.322 e. The number of carbonyl (C=O) groups is 1. The summed E-state index contributed by atoms with van der Waals surface area (Å²) in [5, 5.41) is 0. The molecule has 12 heavy (non-hydrogen) atoms. The molecule has 0 rings (SSSR count). The zero-order valence-corrected chi connectivity index (χ0v) is 8.69. The number of carbonyl (C=O) groups excluding carboxylic acids is 1. The predicted molar refractivity (Wildman–Crippen MR) is 51.3 cm³/mol. The van der Waals surface area contributed by atoms with E-state index in [9.17, 15) is 4.79 Å². The molecule has 0 aliphatic rings. The van der Waals surface area contributed by atoms with Gasteiger partial charge in [0.15, 0.2) is 0 Å². The van der Waals surface area contributed by atoms with E-state index in [1.165, 1.54) is 7.11 Å². The molecule has 0 aromatic rings. The summed E-state index contributed by atoms with van der Waals surface area (Å²) in [5.41, 5.74) is 5.53. The van der Waals surface area contributed by atoms with E-state index in [4.69, 9.17) is 5.73 Å². The van der Waals surface area contributed by atoms with Crippen LogP contribution < -0.4 is 5.73 Å². The molecular formula is C8H18ClNO2. The van der Waals surface area contributed by atoms with E-state index in [-0.39, 0.29) is 18.4 Å². The van der Waals surface area contributed by atoms with Crippen LogP contribution in [0.25, 0.3) is 0 Å². The Bertz CT molecular complexity index is 130. The van der Waals surface area contributed by atoms with Crippen LogP contribution in [-0.2, 0) is 9.53 Å². The quantitative estimate of drug-likeness (QED) is 0.689. The molecule has 2 N–H and O–H groups in total. The molecule has 0 fully saturated rings. The Morgan fingerprint density at radius 2 is 2.08 bits per heavy atom. The lowest BCUT2D eigenvalue weighted by molar-refractivity contribution is -0.142. The summed E-state index contributed by atoms with van der Waals surface area (Å²) in [5.74, 6) is 0.175. The third-order valence-corrected chi connectivity index (χ3v) is 1.86. The smallest absolute Gasteiger partial charge is 0.322 e. The van der Waals surface area contributed by atoms with Gasteiger partial charge in [-0.2, -0.15) is 0 Å². The normalized spacial score (nSPS) is 14.3. The minimum absolute atomic E-state index is 0. The zero-order chi connectivity index (χ0) is 8.85. The molecule has 0 amide bonds. The maximum atomic E-state index is 10.8. The molecular weight excluding hydrogens is 178 g/mol. The minimum Gasteiger partial charge on any atom is -0.468 e. The van der Waals surface area contributed by atoms with Crippen molar-refractivity contribution >= 4 is 18.4 Å². The Morgan fingerprint density at radius 3 is 2.42 bits per heavy atom. The van der Waals surface area contributed by atoms with Gasteiger partial charge in [0.2, 0.25) is 0 Å². The highest BCUT2D eigenvalue weighted by Gasteiger charge is 2.15. The lowest BCUT2D eigenvalue weighted by atomic mass is 10.0. The fourth-order valence-corrected chi connectivity index (χ4v) is 0.848. The number of methoxy groups -OCH3 is 1. The van der Waals surface area contributed by atoms with Crippen molar-refractivity contribution in [3.05, 3.63) is 0 Å². The van der Waals surface area contributed by atoms with Crippen molar-refractivity contribution in [2.24, 2.45) is 11.7 Å². The van der Waals surface area contributed by atoms with Crippen LogP contribution in [0.15, 0.2) is 0 Å². The first-order valence-electron chi connectivity index (χ1n) is 3.95. The highest BCUT2D eigenvalue weighted by Crippen LogP contribution is 2.08. The van der Waals surface area contributed by atoms with Crippen LogP contribution in [0.1, 0.15) is 26.7 Å². The van der Waals surface area contributed by atoms with E-state index in [0.717, 1.165) is 6.42 Å². The lowest BCUT2D eigenvalue weighted by Crippen LogP contribution is -2.33. The molecule has 4 heteroatoms. The summed E-state index contributed by atoms with van der Waals surface area (Å²) in [4.78, 5) is 10.8. The number of hydrogen-bond donors (Lipinski definition) is 1. The van der Waals surface area contributed by atoms with Gasteiger partial charge in [-0.25, -0.2) is 0 Å². The van der Waals surface area contributed by atoms with Gasteiger partial charge < -0.3 is 10.5 Å². The summed E-state index contributed by atoms with van der Waals surface area (Å²) in [6, 6.07) is -0.449. The second-order valence-electron chi connectivity index (χ2n) is 2.88. The fraction of sp³-hybridized carbons (Fsp3) is 0.875. The Hall–Kier alpha value is -0.280. The zero-order valence-electron chi connectivity index (χ0n) is 7.87. The van der Waals surface area contributed by atoms with E-state index in [1.807, 2.05) is 0 Å². The molecule has 0 bridgehead atoms. The van der Waals surface area contributed by atoms with Crippen LogP contribution >= 0.6 is 12.4 Å². The minimum atomic E-state index is -0.449. The Kier molecular flexibility index (Phi) is 8.76. The van der Waals surface area contributed by atoms with E-state index in [2.05, 4.69) is 18.6 Å². The van der Waals surface area contributed by atoms with Crippen molar-refractivity contribution in [1.82, 2.24) is 0 Å². The molecule has 2 atom stereocenters. The molecule has 0 aromatic heterocycles. The van der Waals surface area contributed by atoms with Crippen LogP contribution in [0.4, 0.5) is 0 Å². The average molecular weight is 196 g/mol. The summed E-state index contributed by atoms with van der Waals surface area (Å²) < 4.78 is 4.49. The molecule has 0 heterocycles. The van der Waals surface area contributed by atoms with Gasteiger partial charge in [0.25, 0.3) is 0 Å². The highest BCUT2D eigenvalue weighted by molar-refractivity contribution is 5.85. The lowest BCUT2D eigenvalue weighted by Gasteiger charge is -2.12. The van der Waals surface area contributed by atoms with Gasteiger partial charge in [0, 0.05) is 0 Å². The third-order valence-electron chi connectivity index (χ3n) is 1.86. The fourth-order valence-electron chi connectivity index (χ4n) is 0.848. The second-order valence-corrected chi connectivity index (χ2v) is 2.88. The van der Waals surface area contributed by atoms with Gasteiger partial charge in [-0.15, -0.1) is 12.4 Å². The van der Waals surface area contributed by atoms with Crippen molar-refractivity contribution in [3.8, 4) is 0 Å². The van der Waals surface area contributed by atoms with Gasteiger partial charge in [0.05, 0.1) is 7.11 Å². The number of hydrogen-bond acceptors (Lipinski definition) is 3. The monoisotopic (exact) mass is 195 g/mol. The standard InChI is InChI=1S/C8H17NO2.ClH/c1-4-6(2)5-7(9)8(10)11-3;/h6-7H,4-5,9H2,1-3H3;1H/t6?,7-;/m0./s1. The second kappa shape index (κ2) is 7.37.